The molecule has 0 bridgehead atoms. The molecule has 0 atom stereocenters. The van der Waals surface area contributed by atoms with Crippen molar-refractivity contribution >= 4 is 127 Å². The lowest BCUT2D eigenvalue weighted by Crippen LogP contribution is -2.74. The number of anilines is 2. The summed E-state index contributed by atoms with van der Waals surface area (Å²) in [6.45, 7) is 14.4. The van der Waals surface area contributed by atoms with Gasteiger partial charge < -0.3 is 18.8 Å². The van der Waals surface area contributed by atoms with Crippen molar-refractivity contribution in [2.45, 2.75) is 59.0 Å². The van der Waals surface area contributed by atoms with Gasteiger partial charge in [-0.2, -0.15) is 0 Å². The van der Waals surface area contributed by atoms with Crippen molar-refractivity contribution in [3.05, 3.63) is 333 Å². The van der Waals surface area contributed by atoms with Crippen LogP contribution in [-0.4, -0.2) is 26.8 Å². The lowest BCUT2D eigenvalue weighted by Gasteiger charge is -2.36. The maximum atomic E-state index is 7.46. The van der Waals surface area contributed by atoms with Crippen molar-refractivity contribution in [3.63, 3.8) is 0 Å². The normalized spacial score (nSPS) is 12.7. The van der Waals surface area contributed by atoms with E-state index in [1.807, 2.05) is 6.20 Å². The average molecular weight is 1290 g/mol. The van der Waals surface area contributed by atoms with Crippen LogP contribution in [-0.2, 0) is 17.5 Å². The summed E-state index contributed by atoms with van der Waals surface area (Å²) in [5, 5.41) is 17.1. The first-order valence-corrected chi connectivity index (χ1v) is 36.5. The summed E-state index contributed by atoms with van der Waals surface area (Å²) in [5.41, 5.74) is 14.4. The van der Waals surface area contributed by atoms with Crippen LogP contribution >= 0.6 is 0 Å². The van der Waals surface area contributed by atoms with Crippen molar-refractivity contribution in [1.29, 1.82) is 0 Å². The molecule has 1 aliphatic heterocycles. The first-order valence-electron chi connectivity index (χ1n) is 34.5. The van der Waals surface area contributed by atoms with Crippen molar-refractivity contribution in [2.24, 2.45) is 0 Å². The molecule has 0 N–H and O–H groups in total. The maximum absolute atomic E-state index is 7.46. The van der Waals surface area contributed by atoms with Crippen LogP contribution in [0.5, 0.6) is 11.5 Å². The van der Waals surface area contributed by atoms with Crippen molar-refractivity contribution in [1.82, 2.24) is 18.7 Å². The number of benzene rings is 13. The third-order valence-electron chi connectivity index (χ3n) is 20.8. The molecule has 99 heavy (non-hydrogen) atoms. The highest BCUT2D eigenvalue weighted by atomic mass is 28.3. The summed E-state index contributed by atoms with van der Waals surface area (Å²) in [6, 6.07) is 118. The first kappa shape index (κ1) is 59.7. The second-order valence-electron chi connectivity index (χ2n) is 28.7. The Kier molecular flexibility index (Phi) is 14.0. The quantitative estimate of drug-likeness (QED) is 0.101. The van der Waals surface area contributed by atoms with Gasteiger partial charge in [0, 0.05) is 68.0 Å². The Balaban J connectivity index is 0.868. The number of fused-ring (bicyclic) bond motifs is 13. The summed E-state index contributed by atoms with van der Waals surface area (Å²) in [5.74, 6) is 2.30. The molecule has 7 heteroatoms. The second-order valence-corrected chi connectivity index (χ2v) is 32.5. The van der Waals surface area contributed by atoms with E-state index in [0.29, 0.717) is 12.4 Å². The van der Waals surface area contributed by atoms with Gasteiger partial charge in [-0.3, -0.25) is 4.57 Å². The molecule has 6 nitrogen and oxygen atoms in total. The molecule has 17 aromatic rings. The zero-order chi connectivity index (χ0) is 66.7. The van der Waals surface area contributed by atoms with Crippen LogP contribution in [0.2, 0.25) is 0 Å². The van der Waals surface area contributed by atoms with Gasteiger partial charge in [0.1, 0.15) is 24.0 Å². The third kappa shape index (κ3) is 9.69. The summed E-state index contributed by atoms with van der Waals surface area (Å²) in [6.07, 6.45) is 1.96. The van der Waals surface area contributed by atoms with E-state index in [0.717, 1.165) is 72.5 Å². The fourth-order valence-corrected chi connectivity index (χ4v) is 21.0. The van der Waals surface area contributed by atoms with Crippen LogP contribution in [0.4, 0.5) is 11.4 Å². The molecule has 4 aromatic heterocycles. The highest BCUT2D eigenvalue weighted by Gasteiger charge is 2.42. The second kappa shape index (κ2) is 23.2. The predicted octanol–water partition coefficient (Wildman–Crippen LogP) is 21.4. The summed E-state index contributed by atoms with van der Waals surface area (Å²) in [7, 11) is -3.03. The Labute approximate surface area is 577 Å². The Hall–Kier alpha value is -11.8. The highest BCUT2D eigenvalue weighted by Crippen LogP contribution is 2.47. The predicted molar refractivity (Wildman–Crippen MR) is 420 cm³/mol. The molecule has 1 aliphatic rings. The maximum Gasteiger partial charge on any atom is 0.179 e. The largest absolute Gasteiger partial charge is 0.457 e. The number of rotatable bonds is 10. The van der Waals surface area contributed by atoms with Crippen molar-refractivity contribution in [2.75, 3.05) is 4.90 Å². The fraction of sp³-hybridized carbons (Fsp3) is 0.0978. The van der Waals surface area contributed by atoms with E-state index in [1.54, 1.807) is 0 Å². The molecule has 0 aliphatic carbocycles. The SMILES string of the molecule is CC(C)(C)c1cc(-c2cccc3c4ccccc4c4ccccc4c4cccc5c4n(c23)CN5c2cccc(Oc3cc(-n4c5ccccc5c5ccccc54)c4c5ccccc5n(-c5cc(C(C)(C)C)ccn5)c4c3)c2)cc([Si](c2ccccc2)(c2ccccc2)c2ccccc2)c1. The van der Waals surface area contributed by atoms with E-state index in [1.165, 1.54) is 86.1 Å². The number of para-hydroxylation sites is 5. The minimum Gasteiger partial charge on any atom is -0.457 e. The monoisotopic (exact) mass is 1290 g/mol. The molecule has 13 aromatic carbocycles. The van der Waals surface area contributed by atoms with Gasteiger partial charge in [-0.15, -0.1) is 0 Å². The topological polar surface area (TPSA) is 40.1 Å². The van der Waals surface area contributed by atoms with Crippen molar-refractivity contribution < 1.29 is 4.74 Å². The number of hydrogen-bond acceptors (Lipinski definition) is 3. The molecule has 5 heterocycles. The van der Waals surface area contributed by atoms with Crippen LogP contribution in [0.15, 0.2) is 322 Å². The van der Waals surface area contributed by atoms with E-state index in [4.69, 9.17) is 9.72 Å². The Morgan fingerprint density at radius 2 is 0.838 bits per heavy atom. The zero-order valence-corrected chi connectivity index (χ0v) is 57.5. The number of ether oxygens (including phenoxy) is 1. The van der Waals surface area contributed by atoms with E-state index in [9.17, 15) is 0 Å². The number of aromatic nitrogens is 4. The molecule has 0 saturated heterocycles. The first-order chi connectivity index (χ1) is 48.4. The van der Waals surface area contributed by atoms with Crippen molar-refractivity contribution in [3.8, 4) is 34.1 Å². The molecule has 0 saturated carbocycles. The van der Waals surface area contributed by atoms with E-state index >= 15 is 0 Å². The highest BCUT2D eigenvalue weighted by molar-refractivity contribution is 7.20. The van der Waals surface area contributed by atoms with Crippen LogP contribution in [0.25, 0.3) is 110 Å². The minimum absolute atomic E-state index is 0.0963. The van der Waals surface area contributed by atoms with Crippen LogP contribution in [0.3, 0.4) is 0 Å². The molecular weight excluding hydrogens is 1220 g/mol. The van der Waals surface area contributed by atoms with Gasteiger partial charge >= 0.3 is 0 Å². The molecule has 0 unspecified atom stereocenters. The van der Waals surface area contributed by atoms with Crippen LogP contribution in [0, 0.1) is 0 Å². The average Bonchev–Trinajstić information content (AvgIpc) is 1.68. The van der Waals surface area contributed by atoms with E-state index in [-0.39, 0.29) is 10.8 Å². The third-order valence-corrected chi connectivity index (χ3v) is 25.6. The minimum atomic E-state index is -3.03. The smallest absolute Gasteiger partial charge is 0.179 e. The van der Waals surface area contributed by atoms with Gasteiger partial charge in [0.2, 0.25) is 0 Å². The van der Waals surface area contributed by atoms with Crippen LogP contribution in [0.1, 0.15) is 52.7 Å². The summed E-state index contributed by atoms with van der Waals surface area (Å²) in [4.78, 5) is 7.64. The standard InChI is InChI=1S/C92H73N5OSi/c1-91(2,3)62-51-52-93-87(56-62)97-83-49-25-22-43-80(83)88-85(96-81-47-23-20-41-76(81)77-42-21-24-48-82(77)96)58-66(59-86(88)97)98-65-30-26-29-64(57-65)94-60-95-89-71(44-27-45-78(89)74-39-18-16-37-72(74)73-38-17-19-40-75(73)79-46-28-50-84(94)90(79)95)61-53-63(92(4,5)6)55-70(54-61)99(67-31-10-7-11-32-67,68-33-12-8-13-34-68)69-35-14-9-15-36-69/h7-59H,60H2,1-6H3. The fourth-order valence-electron chi connectivity index (χ4n) is 16.2. The summed E-state index contributed by atoms with van der Waals surface area (Å²) < 4.78 is 14.9. The Morgan fingerprint density at radius 1 is 0.343 bits per heavy atom. The van der Waals surface area contributed by atoms with Gasteiger partial charge in [0.15, 0.2) is 8.07 Å². The molecule has 476 valence electrons. The van der Waals surface area contributed by atoms with Gasteiger partial charge in [0.25, 0.3) is 0 Å². The van der Waals surface area contributed by atoms with E-state index in [2.05, 4.69) is 376 Å². The molecule has 0 spiro atoms. The van der Waals surface area contributed by atoms with Gasteiger partial charge in [-0.25, -0.2) is 4.98 Å². The van der Waals surface area contributed by atoms with Gasteiger partial charge in [-0.1, -0.05) is 290 Å². The van der Waals surface area contributed by atoms with Gasteiger partial charge in [-0.05, 0) is 118 Å². The molecule has 18 rings (SSSR count). The number of hydrogen-bond donors (Lipinski definition) is 0. The Bertz CT molecular complexity index is 6000. The number of nitrogens with zero attached hydrogens (tertiary/aromatic N) is 5. The molecule has 0 fully saturated rings. The van der Waals surface area contributed by atoms with E-state index < -0.39 is 8.07 Å². The Morgan fingerprint density at radius 3 is 1.42 bits per heavy atom. The van der Waals surface area contributed by atoms with Crippen LogP contribution < -0.4 is 30.4 Å². The zero-order valence-electron chi connectivity index (χ0n) is 56.5. The van der Waals surface area contributed by atoms with Gasteiger partial charge in [0.05, 0.1) is 44.5 Å². The molecule has 0 amide bonds. The lowest BCUT2D eigenvalue weighted by molar-refractivity contribution is 0.483. The number of pyridine rings is 1. The summed E-state index contributed by atoms with van der Waals surface area (Å²) >= 11 is 0. The molecule has 0 radical (unpaired) electrons. The molecular formula is C92H73N5OSi. The lowest BCUT2D eigenvalue weighted by atomic mass is 9.85.